The number of carbonyl (C=O) groups excluding carboxylic acids is 1. The van der Waals surface area contributed by atoms with Crippen LogP contribution in [0.1, 0.15) is 39.5 Å². The number of nitrogens with one attached hydrogen (secondary N) is 1. The summed E-state index contributed by atoms with van der Waals surface area (Å²) in [6, 6.07) is -0.529. The lowest BCUT2D eigenvalue weighted by Crippen LogP contribution is -2.46. The molecule has 0 radical (unpaired) electrons. The van der Waals surface area contributed by atoms with E-state index in [1.54, 1.807) is 0 Å². The third kappa shape index (κ3) is 5.03. The van der Waals surface area contributed by atoms with Crippen LogP contribution in [0.4, 0.5) is 0 Å². The third-order valence-corrected chi connectivity index (χ3v) is 5.37. The van der Waals surface area contributed by atoms with Gasteiger partial charge in [-0.2, -0.15) is 4.31 Å². The molecule has 1 rings (SSSR count). The Morgan fingerprint density at radius 2 is 2.15 bits per heavy atom. The predicted molar refractivity (Wildman–Crippen MR) is 77.9 cm³/mol. The van der Waals surface area contributed by atoms with Crippen LogP contribution in [-0.2, 0) is 19.6 Å². The molecule has 6 nitrogen and oxygen atoms in total. The Kier molecular flexibility index (Phi) is 7.47. The molecule has 1 aliphatic rings. The van der Waals surface area contributed by atoms with Gasteiger partial charge in [-0.05, 0) is 32.6 Å². The summed E-state index contributed by atoms with van der Waals surface area (Å²) < 4.78 is 30.7. The van der Waals surface area contributed by atoms with Gasteiger partial charge in [-0.15, -0.1) is 0 Å². The summed E-state index contributed by atoms with van der Waals surface area (Å²) in [7, 11) is -3.30. The molecule has 0 spiro atoms. The lowest BCUT2D eigenvalue weighted by Gasteiger charge is -2.23. The van der Waals surface area contributed by atoms with Crippen LogP contribution in [0.2, 0.25) is 0 Å². The molecule has 0 aromatic rings. The number of hydrogen-bond donors (Lipinski definition) is 1. The number of amides is 1. The standard InChI is InChI=1S/C13H26N2O4S/c1-3-11-20(17,18)15-9-5-7-12(15)13(16)14-8-6-10-19-4-2/h12H,3-11H2,1-2H3,(H,14,16). The summed E-state index contributed by atoms with van der Waals surface area (Å²) in [4.78, 5) is 12.1. The first-order chi connectivity index (χ1) is 9.53. The van der Waals surface area contributed by atoms with Crippen molar-refractivity contribution < 1.29 is 17.9 Å². The maximum Gasteiger partial charge on any atom is 0.238 e. The number of rotatable bonds is 9. The molecule has 1 N–H and O–H groups in total. The van der Waals surface area contributed by atoms with Crippen LogP contribution in [0.5, 0.6) is 0 Å². The highest BCUT2D eigenvalue weighted by Gasteiger charge is 2.37. The fourth-order valence-electron chi connectivity index (χ4n) is 2.36. The van der Waals surface area contributed by atoms with Gasteiger partial charge >= 0.3 is 0 Å². The first-order valence-corrected chi connectivity index (χ1v) is 8.98. The van der Waals surface area contributed by atoms with Crippen LogP contribution in [0.3, 0.4) is 0 Å². The van der Waals surface area contributed by atoms with Crippen LogP contribution >= 0.6 is 0 Å². The van der Waals surface area contributed by atoms with Crippen molar-refractivity contribution in [3.63, 3.8) is 0 Å². The molecule has 7 heteroatoms. The largest absolute Gasteiger partial charge is 0.382 e. The molecule has 1 saturated heterocycles. The van der Waals surface area contributed by atoms with Crippen molar-refractivity contribution in [1.29, 1.82) is 0 Å². The van der Waals surface area contributed by atoms with E-state index in [4.69, 9.17) is 4.74 Å². The maximum absolute atomic E-state index is 12.1. The average Bonchev–Trinajstić information content (AvgIpc) is 2.88. The zero-order valence-corrected chi connectivity index (χ0v) is 13.2. The second-order valence-corrected chi connectivity index (χ2v) is 6.97. The Balaban J connectivity index is 2.46. The highest BCUT2D eigenvalue weighted by Crippen LogP contribution is 2.21. The quantitative estimate of drug-likeness (QED) is 0.637. The maximum atomic E-state index is 12.1. The molecule has 1 fully saturated rings. The Bertz CT molecular complexity index is 397. The summed E-state index contributed by atoms with van der Waals surface area (Å²) in [6.07, 6.45) is 2.68. The molecule has 1 atom stereocenters. The molecule has 0 bridgehead atoms. The molecular weight excluding hydrogens is 280 g/mol. The van der Waals surface area contributed by atoms with Crippen LogP contribution in [0, 0.1) is 0 Å². The zero-order valence-electron chi connectivity index (χ0n) is 12.4. The smallest absolute Gasteiger partial charge is 0.238 e. The van der Waals surface area contributed by atoms with E-state index in [1.165, 1.54) is 4.31 Å². The third-order valence-electron chi connectivity index (χ3n) is 3.29. The van der Waals surface area contributed by atoms with E-state index in [1.807, 2.05) is 13.8 Å². The number of carbonyl (C=O) groups is 1. The topological polar surface area (TPSA) is 75.7 Å². The van der Waals surface area contributed by atoms with Gasteiger partial charge in [-0.25, -0.2) is 8.42 Å². The SMILES string of the molecule is CCCS(=O)(=O)N1CCCC1C(=O)NCCCOCC. The minimum Gasteiger partial charge on any atom is -0.382 e. The van der Waals surface area contributed by atoms with Gasteiger partial charge in [0.1, 0.15) is 6.04 Å². The minimum atomic E-state index is -3.30. The van der Waals surface area contributed by atoms with E-state index in [0.29, 0.717) is 39.1 Å². The van der Waals surface area contributed by atoms with Gasteiger partial charge in [-0.1, -0.05) is 6.92 Å². The number of sulfonamides is 1. The van der Waals surface area contributed by atoms with Gasteiger partial charge in [-0.3, -0.25) is 4.79 Å². The van der Waals surface area contributed by atoms with E-state index in [-0.39, 0.29) is 11.7 Å². The van der Waals surface area contributed by atoms with E-state index in [2.05, 4.69) is 5.32 Å². The second kappa shape index (κ2) is 8.59. The Morgan fingerprint density at radius 3 is 2.80 bits per heavy atom. The first kappa shape index (κ1) is 17.4. The van der Waals surface area contributed by atoms with Crippen molar-refractivity contribution in [2.75, 3.05) is 32.1 Å². The molecule has 0 saturated carbocycles. The number of ether oxygens (including phenoxy) is 1. The monoisotopic (exact) mass is 306 g/mol. The number of nitrogens with zero attached hydrogens (tertiary/aromatic N) is 1. The molecule has 1 unspecified atom stereocenters. The molecule has 0 aromatic heterocycles. The summed E-state index contributed by atoms with van der Waals surface area (Å²) >= 11 is 0. The van der Waals surface area contributed by atoms with Gasteiger partial charge in [0.25, 0.3) is 0 Å². The molecule has 1 amide bonds. The second-order valence-electron chi connectivity index (χ2n) is 4.93. The molecule has 0 aliphatic carbocycles. The van der Waals surface area contributed by atoms with E-state index in [0.717, 1.165) is 12.8 Å². The fraction of sp³-hybridized carbons (Fsp3) is 0.923. The fourth-order valence-corrected chi connectivity index (χ4v) is 4.10. The van der Waals surface area contributed by atoms with E-state index >= 15 is 0 Å². The molecular formula is C13H26N2O4S. The highest BCUT2D eigenvalue weighted by atomic mass is 32.2. The summed E-state index contributed by atoms with van der Waals surface area (Å²) in [6.45, 7) is 6.01. The van der Waals surface area contributed by atoms with Crippen LogP contribution in [0.25, 0.3) is 0 Å². The summed E-state index contributed by atoms with van der Waals surface area (Å²) in [5.74, 6) is -0.0696. The Morgan fingerprint density at radius 1 is 1.40 bits per heavy atom. The molecule has 20 heavy (non-hydrogen) atoms. The number of hydrogen-bond acceptors (Lipinski definition) is 4. The van der Waals surface area contributed by atoms with Crippen LogP contribution in [0.15, 0.2) is 0 Å². The summed E-state index contributed by atoms with van der Waals surface area (Å²) in [5, 5.41) is 2.80. The van der Waals surface area contributed by atoms with Crippen molar-refractivity contribution in [2.24, 2.45) is 0 Å². The van der Waals surface area contributed by atoms with Gasteiger partial charge in [0.05, 0.1) is 5.75 Å². The minimum absolute atomic E-state index is 0.112. The van der Waals surface area contributed by atoms with Crippen LogP contribution < -0.4 is 5.32 Å². The molecule has 0 aromatic carbocycles. The van der Waals surface area contributed by atoms with Gasteiger partial charge in [0.2, 0.25) is 15.9 Å². The van der Waals surface area contributed by atoms with Crippen molar-refractivity contribution in [1.82, 2.24) is 9.62 Å². The summed E-state index contributed by atoms with van der Waals surface area (Å²) in [5.41, 5.74) is 0. The first-order valence-electron chi connectivity index (χ1n) is 7.38. The van der Waals surface area contributed by atoms with E-state index in [9.17, 15) is 13.2 Å². The normalized spacial score (nSPS) is 20.2. The Hall–Kier alpha value is -0.660. The molecule has 118 valence electrons. The zero-order chi connectivity index (χ0) is 15.0. The lowest BCUT2D eigenvalue weighted by molar-refractivity contribution is -0.124. The van der Waals surface area contributed by atoms with Gasteiger partial charge in [0, 0.05) is 26.3 Å². The predicted octanol–water partition coefficient (Wildman–Crippen LogP) is 0.733. The van der Waals surface area contributed by atoms with Crippen LogP contribution in [-0.4, -0.2) is 56.7 Å². The Labute approximate surface area is 121 Å². The lowest BCUT2D eigenvalue weighted by atomic mass is 10.2. The van der Waals surface area contributed by atoms with Crippen molar-refractivity contribution in [3.05, 3.63) is 0 Å². The van der Waals surface area contributed by atoms with Gasteiger partial charge < -0.3 is 10.1 Å². The molecule has 1 heterocycles. The van der Waals surface area contributed by atoms with E-state index < -0.39 is 16.1 Å². The van der Waals surface area contributed by atoms with Gasteiger partial charge in [0.15, 0.2) is 0 Å². The van der Waals surface area contributed by atoms with Crippen molar-refractivity contribution in [3.8, 4) is 0 Å². The average molecular weight is 306 g/mol. The van der Waals surface area contributed by atoms with Crippen molar-refractivity contribution in [2.45, 2.75) is 45.6 Å². The molecule has 1 aliphatic heterocycles. The van der Waals surface area contributed by atoms with Crippen molar-refractivity contribution >= 4 is 15.9 Å². The highest BCUT2D eigenvalue weighted by molar-refractivity contribution is 7.89.